The molecule has 0 saturated carbocycles. The minimum Gasteiger partial charge on any atom is -0.0870 e. The average Bonchev–Trinajstić information content (AvgIpc) is 2.14. The van der Waals surface area contributed by atoms with Crippen molar-refractivity contribution in [2.24, 2.45) is 0 Å². The molecule has 0 amide bonds. The van der Waals surface area contributed by atoms with E-state index in [2.05, 4.69) is 56.1 Å². The van der Waals surface area contributed by atoms with Crippen molar-refractivity contribution in [2.75, 3.05) is 0 Å². The minimum atomic E-state index is 1.11. The van der Waals surface area contributed by atoms with Crippen molar-refractivity contribution in [2.45, 2.75) is 13.8 Å². The summed E-state index contributed by atoms with van der Waals surface area (Å²) in [6.07, 6.45) is 8.24. The first kappa shape index (κ1) is 11.7. The number of hydrogen-bond acceptors (Lipinski definition) is 0. The highest BCUT2D eigenvalue weighted by atomic mass is 79.9. The number of hydrogen-bond donors (Lipinski definition) is 0. The molecular weight excluding hydrogens is 304 g/mol. The lowest BCUT2D eigenvalue weighted by Gasteiger charge is -2.04. The minimum absolute atomic E-state index is 1.11. The summed E-state index contributed by atoms with van der Waals surface area (Å²) in [4.78, 5) is 0. The highest BCUT2D eigenvalue weighted by Gasteiger charge is 2.01. The molecule has 1 aromatic rings. The Morgan fingerprint density at radius 2 is 1.29 bits per heavy atom. The van der Waals surface area contributed by atoms with Gasteiger partial charge in [0.15, 0.2) is 0 Å². The van der Waals surface area contributed by atoms with Crippen molar-refractivity contribution in [1.29, 1.82) is 0 Å². The number of allylic oxidation sites excluding steroid dienone is 2. The van der Waals surface area contributed by atoms with Crippen molar-refractivity contribution in [3.05, 3.63) is 44.4 Å². The second kappa shape index (κ2) is 5.52. The quantitative estimate of drug-likeness (QED) is 0.696. The molecule has 0 aliphatic rings. The molecule has 0 aliphatic heterocycles. The van der Waals surface area contributed by atoms with Crippen LogP contribution in [0.25, 0.3) is 12.2 Å². The van der Waals surface area contributed by atoms with Gasteiger partial charge in [0.2, 0.25) is 0 Å². The zero-order valence-electron chi connectivity index (χ0n) is 8.22. The van der Waals surface area contributed by atoms with Crippen molar-refractivity contribution in [3.63, 3.8) is 0 Å². The molecule has 74 valence electrons. The van der Waals surface area contributed by atoms with E-state index in [-0.39, 0.29) is 0 Å². The van der Waals surface area contributed by atoms with Crippen LogP contribution >= 0.6 is 31.9 Å². The van der Waals surface area contributed by atoms with Gasteiger partial charge in [0, 0.05) is 8.95 Å². The zero-order valence-corrected chi connectivity index (χ0v) is 11.4. The summed E-state index contributed by atoms with van der Waals surface area (Å²) in [5.41, 5.74) is 2.40. The van der Waals surface area contributed by atoms with E-state index in [1.807, 2.05) is 26.0 Å². The Morgan fingerprint density at radius 3 is 1.64 bits per heavy atom. The standard InChI is InChI=1S/C12H12Br2/c1-3-5-9-7-10(6-4-2)12(14)8-11(9)13/h3-8H,1-2H3/b5-3+,6-4+. The summed E-state index contributed by atoms with van der Waals surface area (Å²) in [5, 5.41) is 0. The third-order valence-corrected chi connectivity index (χ3v) is 3.18. The Kier molecular flexibility index (Phi) is 4.63. The van der Waals surface area contributed by atoms with Gasteiger partial charge in [-0.05, 0) is 37.1 Å². The smallest absolute Gasteiger partial charge is 0.0259 e. The van der Waals surface area contributed by atoms with E-state index in [4.69, 9.17) is 0 Å². The van der Waals surface area contributed by atoms with Crippen LogP contribution in [0.1, 0.15) is 25.0 Å². The molecule has 1 aromatic carbocycles. The van der Waals surface area contributed by atoms with Gasteiger partial charge in [-0.2, -0.15) is 0 Å². The molecule has 0 radical (unpaired) electrons. The third kappa shape index (κ3) is 2.82. The topological polar surface area (TPSA) is 0 Å². The van der Waals surface area contributed by atoms with Crippen molar-refractivity contribution >= 4 is 44.0 Å². The Bertz CT molecular complexity index is 343. The molecule has 14 heavy (non-hydrogen) atoms. The summed E-state index contributed by atoms with van der Waals surface area (Å²) in [5.74, 6) is 0. The fourth-order valence-corrected chi connectivity index (χ4v) is 2.46. The van der Waals surface area contributed by atoms with Crippen LogP contribution in [0.15, 0.2) is 33.2 Å². The predicted molar refractivity (Wildman–Crippen MR) is 71.3 cm³/mol. The molecule has 0 saturated heterocycles. The van der Waals surface area contributed by atoms with Crippen LogP contribution in [0.4, 0.5) is 0 Å². The van der Waals surface area contributed by atoms with Gasteiger partial charge in [-0.1, -0.05) is 56.2 Å². The molecular formula is C12H12Br2. The molecule has 1 rings (SSSR count). The lowest BCUT2D eigenvalue weighted by molar-refractivity contribution is 1.52. The van der Waals surface area contributed by atoms with Gasteiger partial charge >= 0.3 is 0 Å². The second-order valence-corrected chi connectivity index (χ2v) is 4.60. The van der Waals surface area contributed by atoms with Gasteiger partial charge < -0.3 is 0 Å². The highest BCUT2D eigenvalue weighted by molar-refractivity contribution is 9.11. The lowest BCUT2D eigenvalue weighted by atomic mass is 10.1. The maximum absolute atomic E-state index is 3.53. The number of rotatable bonds is 2. The van der Waals surface area contributed by atoms with E-state index < -0.39 is 0 Å². The van der Waals surface area contributed by atoms with E-state index in [0.29, 0.717) is 0 Å². The number of halogens is 2. The van der Waals surface area contributed by atoms with Crippen LogP contribution in [0.2, 0.25) is 0 Å². The first-order valence-electron chi connectivity index (χ1n) is 4.43. The molecule has 0 bridgehead atoms. The molecule has 0 atom stereocenters. The first-order chi connectivity index (χ1) is 6.69. The fourth-order valence-electron chi connectivity index (χ4n) is 1.20. The van der Waals surface area contributed by atoms with E-state index in [0.717, 1.165) is 8.95 Å². The zero-order chi connectivity index (χ0) is 10.6. The van der Waals surface area contributed by atoms with E-state index in [1.165, 1.54) is 11.1 Å². The predicted octanol–water partition coefficient (Wildman–Crippen LogP) is 5.28. The lowest BCUT2D eigenvalue weighted by Crippen LogP contribution is -1.81. The van der Waals surface area contributed by atoms with E-state index >= 15 is 0 Å². The van der Waals surface area contributed by atoms with Gasteiger partial charge in [0.25, 0.3) is 0 Å². The van der Waals surface area contributed by atoms with Gasteiger partial charge in [-0.3, -0.25) is 0 Å². The average molecular weight is 316 g/mol. The van der Waals surface area contributed by atoms with Crippen molar-refractivity contribution in [1.82, 2.24) is 0 Å². The van der Waals surface area contributed by atoms with Crippen LogP contribution in [-0.2, 0) is 0 Å². The van der Waals surface area contributed by atoms with E-state index in [9.17, 15) is 0 Å². The summed E-state index contributed by atoms with van der Waals surface area (Å²) < 4.78 is 2.21. The van der Waals surface area contributed by atoms with E-state index in [1.54, 1.807) is 0 Å². The van der Waals surface area contributed by atoms with Crippen LogP contribution < -0.4 is 0 Å². The van der Waals surface area contributed by atoms with Crippen LogP contribution in [0, 0.1) is 0 Å². The third-order valence-electron chi connectivity index (χ3n) is 1.81. The summed E-state index contributed by atoms with van der Waals surface area (Å²) in [6, 6.07) is 4.22. The van der Waals surface area contributed by atoms with Gasteiger partial charge in [-0.25, -0.2) is 0 Å². The molecule has 0 nitrogen and oxygen atoms in total. The molecule has 0 aromatic heterocycles. The molecule has 0 fully saturated rings. The van der Waals surface area contributed by atoms with Crippen molar-refractivity contribution < 1.29 is 0 Å². The van der Waals surface area contributed by atoms with Crippen LogP contribution in [-0.4, -0.2) is 0 Å². The molecule has 0 spiro atoms. The van der Waals surface area contributed by atoms with Crippen LogP contribution in [0.3, 0.4) is 0 Å². The Balaban J connectivity index is 3.26. The highest BCUT2D eigenvalue weighted by Crippen LogP contribution is 2.27. The molecule has 0 heterocycles. The molecule has 2 heteroatoms. The van der Waals surface area contributed by atoms with Gasteiger partial charge in [-0.15, -0.1) is 0 Å². The Morgan fingerprint density at radius 1 is 0.857 bits per heavy atom. The maximum atomic E-state index is 3.53. The maximum Gasteiger partial charge on any atom is 0.0259 e. The second-order valence-electron chi connectivity index (χ2n) is 2.90. The SMILES string of the molecule is C/C=C/c1cc(/C=C/C)c(Br)cc1Br. The summed E-state index contributed by atoms with van der Waals surface area (Å²) in [7, 11) is 0. The largest absolute Gasteiger partial charge is 0.0870 e. The molecule has 0 N–H and O–H groups in total. The Hall–Kier alpha value is -0.340. The summed E-state index contributed by atoms with van der Waals surface area (Å²) >= 11 is 7.06. The van der Waals surface area contributed by atoms with Gasteiger partial charge in [0.05, 0.1) is 0 Å². The van der Waals surface area contributed by atoms with Crippen molar-refractivity contribution in [3.8, 4) is 0 Å². The number of benzene rings is 1. The first-order valence-corrected chi connectivity index (χ1v) is 6.02. The normalized spacial score (nSPS) is 11.7. The monoisotopic (exact) mass is 314 g/mol. The molecule has 0 aliphatic carbocycles. The summed E-state index contributed by atoms with van der Waals surface area (Å²) in [6.45, 7) is 4.04. The Labute approximate surface area is 102 Å². The van der Waals surface area contributed by atoms with Gasteiger partial charge in [0.1, 0.15) is 0 Å². The van der Waals surface area contributed by atoms with Crippen LogP contribution in [0.5, 0.6) is 0 Å². The fraction of sp³-hybridized carbons (Fsp3) is 0.167. The molecule has 0 unspecified atom stereocenters.